The quantitative estimate of drug-likeness (QED) is 0.504. The lowest BCUT2D eigenvalue weighted by atomic mass is 9.95. The van der Waals surface area contributed by atoms with Crippen LogP contribution in [0.4, 0.5) is 10.9 Å². The first kappa shape index (κ1) is 23.5. The van der Waals surface area contributed by atoms with E-state index >= 15 is 0 Å². The van der Waals surface area contributed by atoms with E-state index in [0.29, 0.717) is 12.6 Å². The molecule has 8 heteroatoms. The molecule has 1 fully saturated rings. The molecule has 33 heavy (non-hydrogen) atoms. The molecule has 1 saturated carbocycles. The third kappa shape index (κ3) is 5.66. The standard InChI is InChI=1S/C25H36N6OS/c1-6-17-12-14-18(15-13-17)21-22(28-25(2,3)4)31-23(27-21)33-24(29-31)30(5)16-20(32)26-19-10-8-7-9-11-19/h12-15,19,28H,6-11,16H2,1-5H3,(H,26,32). The van der Waals surface area contributed by atoms with Crippen LogP contribution in [0.15, 0.2) is 24.3 Å². The normalized spacial score (nSPS) is 15.1. The van der Waals surface area contributed by atoms with Crippen molar-refractivity contribution in [2.45, 2.75) is 77.8 Å². The number of anilines is 2. The molecule has 0 spiro atoms. The summed E-state index contributed by atoms with van der Waals surface area (Å²) in [7, 11) is 1.92. The summed E-state index contributed by atoms with van der Waals surface area (Å²) in [5.74, 6) is 0.936. The zero-order valence-corrected chi connectivity index (χ0v) is 21.3. The fraction of sp³-hybridized carbons (Fsp3) is 0.560. The number of likely N-dealkylation sites (N-methyl/N-ethyl adjacent to an activating group) is 1. The number of benzene rings is 1. The van der Waals surface area contributed by atoms with Gasteiger partial charge in [-0.15, -0.1) is 5.10 Å². The summed E-state index contributed by atoms with van der Waals surface area (Å²) in [6, 6.07) is 8.88. The Labute approximate surface area is 200 Å². The average Bonchev–Trinajstić information content (AvgIpc) is 3.33. The molecule has 2 aromatic heterocycles. The van der Waals surface area contributed by atoms with Gasteiger partial charge in [0.2, 0.25) is 16.0 Å². The van der Waals surface area contributed by atoms with Gasteiger partial charge in [0.1, 0.15) is 5.69 Å². The van der Waals surface area contributed by atoms with Gasteiger partial charge < -0.3 is 15.5 Å². The number of carbonyl (C=O) groups is 1. The predicted molar refractivity (Wildman–Crippen MR) is 137 cm³/mol. The van der Waals surface area contributed by atoms with E-state index in [1.807, 2.05) is 16.5 Å². The molecule has 3 aromatic rings. The van der Waals surface area contributed by atoms with E-state index in [2.05, 4.69) is 62.6 Å². The first-order valence-corrected chi connectivity index (χ1v) is 12.8. The van der Waals surface area contributed by atoms with Gasteiger partial charge in [-0.2, -0.15) is 4.52 Å². The number of fused-ring (bicyclic) bond motifs is 1. The van der Waals surface area contributed by atoms with E-state index in [0.717, 1.165) is 46.4 Å². The molecule has 1 aliphatic rings. The summed E-state index contributed by atoms with van der Waals surface area (Å²) >= 11 is 1.50. The second kappa shape index (κ2) is 9.71. The molecular formula is C25H36N6OS. The van der Waals surface area contributed by atoms with E-state index in [1.165, 1.54) is 36.2 Å². The summed E-state index contributed by atoms with van der Waals surface area (Å²) in [6.45, 7) is 8.84. The van der Waals surface area contributed by atoms with Gasteiger partial charge in [-0.25, -0.2) is 4.98 Å². The Kier molecular flexibility index (Phi) is 6.93. The van der Waals surface area contributed by atoms with Crippen molar-refractivity contribution in [1.29, 1.82) is 0 Å². The topological polar surface area (TPSA) is 74.6 Å². The minimum Gasteiger partial charge on any atom is -0.364 e. The van der Waals surface area contributed by atoms with Crippen molar-refractivity contribution < 1.29 is 4.79 Å². The largest absolute Gasteiger partial charge is 0.364 e. The maximum atomic E-state index is 12.6. The highest BCUT2D eigenvalue weighted by Crippen LogP contribution is 2.34. The fourth-order valence-electron chi connectivity index (χ4n) is 4.26. The third-order valence-electron chi connectivity index (χ3n) is 6.00. The van der Waals surface area contributed by atoms with Crippen molar-refractivity contribution in [1.82, 2.24) is 19.9 Å². The molecule has 4 rings (SSSR count). The molecular weight excluding hydrogens is 432 g/mol. The van der Waals surface area contributed by atoms with Crippen LogP contribution in [0.25, 0.3) is 16.2 Å². The van der Waals surface area contributed by atoms with Gasteiger partial charge in [-0.3, -0.25) is 4.79 Å². The number of carbonyl (C=O) groups excluding carboxylic acids is 1. The van der Waals surface area contributed by atoms with Crippen molar-refractivity contribution in [3.63, 3.8) is 0 Å². The zero-order valence-electron chi connectivity index (χ0n) is 20.4. The Morgan fingerprint density at radius 2 is 1.88 bits per heavy atom. The molecule has 0 atom stereocenters. The first-order valence-electron chi connectivity index (χ1n) is 12.0. The highest BCUT2D eigenvalue weighted by atomic mass is 32.1. The Morgan fingerprint density at radius 1 is 1.18 bits per heavy atom. The molecule has 0 unspecified atom stereocenters. The lowest BCUT2D eigenvalue weighted by molar-refractivity contribution is -0.120. The number of rotatable bonds is 7. The Bertz CT molecular complexity index is 1090. The molecule has 0 saturated heterocycles. The molecule has 2 N–H and O–H groups in total. The molecule has 1 aliphatic carbocycles. The van der Waals surface area contributed by atoms with Gasteiger partial charge in [0.15, 0.2) is 5.82 Å². The van der Waals surface area contributed by atoms with Gasteiger partial charge >= 0.3 is 0 Å². The number of aromatic nitrogens is 3. The van der Waals surface area contributed by atoms with E-state index < -0.39 is 0 Å². The van der Waals surface area contributed by atoms with Crippen LogP contribution in [0.2, 0.25) is 0 Å². The molecule has 178 valence electrons. The maximum absolute atomic E-state index is 12.6. The van der Waals surface area contributed by atoms with Crippen LogP contribution in [0, 0.1) is 0 Å². The minimum atomic E-state index is -0.149. The van der Waals surface area contributed by atoms with Crippen molar-refractivity contribution in [2.75, 3.05) is 23.8 Å². The maximum Gasteiger partial charge on any atom is 0.239 e. The van der Waals surface area contributed by atoms with Gasteiger partial charge in [0.25, 0.3) is 0 Å². The number of hydrogen-bond donors (Lipinski definition) is 2. The zero-order chi connectivity index (χ0) is 23.6. The number of imidazole rings is 1. The number of amides is 1. The van der Waals surface area contributed by atoms with E-state index in [4.69, 9.17) is 10.1 Å². The molecule has 2 heterocycles. The number of nitrogens with one attached hydrogen (secondary N) is 2. The van der Waals surface area contributed by atoms with Gasteiger partial charge in [-0.1, -0.05) is 61.8 Å². The van der Waals surface area contributed by atoms with E-state index in [1.54, 1.807) is 0 Å². The summed E-state index contributed by atoms with van der Waals surface area (Å²) in [4.78, 5) is 20.2. The minimum absolute atomic E-state index is 0.0574. The molecule has 0 bridgehead atoms. The summed E-state index contributed by atoms with van der Waals surface area (Å²) in [5.41, 5.74) is 3.12. The van der Waals surface area contributed by atoms with Crippen molar-refractivity contribution in [2.24, 2.45) is 0 Å². The van der Waals surface area contributed by atoms with E-state index in [9.17, 15) is 4.79 Å². The van der Waals surface area contributed by atoms with Crippen molar-refractivity contribution >= 4 is 33.2 Å². The third-order valence-corrected chi connectivity index (χ3v) is 7.02. The molecule has 0 radical (unpaired) electrons. The predicted octanol–water partition coefficient (Wildman–Crippen LogP) is 5.12. The number of aryl methyl sites for hydroxylation is 1. The molecule has 1 aromatic carbocycles. The van der Waals surface area contributed by atoms with Crippen LogP contribution in [0.1, 0.15) is 65.4 Å². The van der Waals surface area contributed by atoms with Crippen molar-refractivity contribution in [3.8, 4) is 11.3 Å². The van der Waals surface area contributed by atoms with Crippen molar-refractivity contribution in [3.05, 3.63) is 29.8 Å². The second-order valence-electron chi connectivity index (χ2n) is 10.1. The molecule has 0 aliphatic heterocycles. The van der Waals surface area contributed by atoms with Crippen LogP contribution >= 0.6 is 11.3 Å². The number of nitrogens with zero attached hydrogens (tertiary/aromatic N) is 4. The first-order chi connectivity index (χ1) is 15.7. The summed E-state index contributed by atoms with van der Waals surface area (Å²) < 4.78 is 1.88. The SMILES string of the molecule is CCc1ccc(-c2nc3sc(N(C)CC(=O)NC4CCCCC4)nn3c2NC(C)(C)C)cc1. The smallest absolute Gasteiger partial charge is 0.239 e. The van der Waals surface area contributed by atoms with Crippen LogP contribution in [-0.2, 0) is 11.2 Å². The van der Waals surface area contributed by atoms with Crippen LogP contribution in [-0.4, -0.2) is 45.7 Å². The Balaban J connectivity index is 1.57. The van der Waals surface area contributed by atoms with Crippen LogP contribution in [0.3, 0.4) is 0 Å². The van der Waals surface area contributed by atoms with Crippen LogP contribution in [0.5, 0.6) is 0 Å². The van der Waals surface area contributed by atoms with Gasteiger partial charge in [-0.05, 0) is 45.6 Å². The molecule has 1 amide bonds. The Hall–Kier alpha value is -2.61. The second-order valence-corrected chi connectivity index (χ2v) is 11.0. The average molecular weight is 469 g/mol. The van der Waals surface area contributed by atoms with Gasteiger partial charge in [0.05, 0.1) is 6.54 Å². The highest BCUT2D eigenvalue weighted by Gasteiger charge is 2.24. The van der Waals surface area contributed by atoms with E-state index in [-0.39, 0.29) is 11.4 Å². The highest BCUT2D eigenvalue weighted by molar-refractivity contribution is 7.20. The number of hydrogen-bond acceptors (Lipinski definition) is 6. The fourth-order valence-corrected chi connectivity index (χ4v) is 5.12. The molecule has 7 nitrogen and oxygen atoms in total. The lowest BCUT2D eigenvalue weighted by Gasteiger charge is -2.24. The lowest BCUT2D eigenvalue weighted by Crippen LogP contribution is -2.41. The summed E-state index contributed by atoms with van der Waals surface area (Å²) in [6.07, 6.45) is 6.88. The summed E-state index contributed by atoms with van der Waals surface area (Å²) in [5, 5.41) is 12.4. The van der Waals surface area contributed by atoms with Gasteiger partial charge in [0, 0.05) is 24.2 Å². The monoisotopic (exact) mass is 468 g/mol. The Morgan fingerprint density at radius 3 is 2.52 bits per heavy atom. The van der Waals surface area contributed by atoms with Crippen LogP contribution < -0.4 is 15.5 Å².